The van der Waals surface area contributed by atoms with E-state index in [9.17, 15) is 9.59 Å². The van der Waals surface area contributed by atoms with Gasteiger partial charge in [0.15, 0.2) is 0 Å². The van der Waals surface area contributed by atoms with Gasteiger partial charge in [-0.25, -0.2) is 0 Å². The number of fused-ring (bicyclic) bond motifs is 1. The molecule has 0 spiro atoms. The number of nitrogens with zero attached hydrogens (tertiary/aromatic N) is 2. The molecular formula is C28H33N3O3S. The highest BCUT2D eigenvalue weighted by molar-refractivity contribution is 7.98. The third kappa shape index (κ3) is 4.66. The summed E-state index contributed by atoms with van der Waals surface area (Å²) >= 11 is 1.71. The van der Waals surface area contributed by atoms with E-state index >= 15 is 0 Å². The Kier molecular flexibility index (Phi) is 6.78. The number of thioether (sulfide) groups is 1. The van der Waals surface area contributed by atoms with Crippen LogP contribution in [-0.2, 0) is 17.8 Å². The van der Waals surface area contributed by atoms with Crippen molar-refractivity contribution in [2.45, 2.75) is 68.5 Å². The molecule has 7 heteroatoms. The van der Waals surface area contributed by atoms with Crippen LogP contribution in [0.3, 0.4) is 0 Å². The number of carbonyl (C=O) groups excluding carboxylic acids is 2. The first-order valence-electron chi connectivity index (χ1n) is 12.5. The minimum Gasteiger partial charge on any atom is -0.463 e. The Hall–Kier alpha value is -2.93. The zero-order chi connectivity index (χ0) is 24.4. The van der Waals surface area contributed by atoms with Crippen molar-refractivity contribution in [3.63, 3.8) is 0 Å². The summed E-state index contributed by atoms with van der Waals surface area (Å²) in [5.74, 6) is 0.512. The van der Waals surface area contributed by atoms with Crippen LogP contribution >= 0.6 is 11.8 Å². The standard InChI is InChI=1S/C28H33N3O3S/c1-28(27(33)29-21-7-4-3-5-8-21)19-30-23(25-9-6-18-34-25)14-15-24(30)26(32)31(28)17-16-20-10-12-22(35-2)13-11-20/h6,9-15,18,21H,3-5,7-8,16-17,19H2,1-2H3,(H,29,33). The Morgan fingerprint density at radius 3 is 2.51 bits per heavy atom. The maximum Gasteiger partial charge on any atom is 0.271 e. The molecule has 35 heavy (non-hydrogen) atoms. The number of amides is 2. The molecule has 184 valence electrons. The van der Waals surface area contributed by atoms with Crippen molar-refractivity contribution < 1.29 is 14.0 Å². The van der Waals surface area contributed by atoms with Crippen molar-refractivity contribution >= 4 is 23.6 Å². The second kappa shape index (κ2) is 9.97. The predicted molar refractivity (Wildman–Crippen MR) is 139 cm³/mol. The van der Waals surface area contributed by atoms with Gasteiger partial charge in [0, 0.05) is 17.5 Å². The van der Waals surface area contributed by atoms with E-state index < -0.39 is 5.54 Å². The number of rotatable bonds is 7. The molecule has 1 fully saturated rings. The second-order valence-corrected chi connectivity index (χ2v) is 10.7. The quantitative estimate of drug-likeness (QED) is 0.451. The van der Waals surface area contributed by atoms with Crippen LogP contribution in [0.5, 0.6) is 0 Å². The summed E-state index contributed by atoms with van der Waals surface area (Å²) in [7, 11) is 0. The van der Waals surface area contributed by atoms with Crippen molar-refractivity contribution in [1.82, 2.24) is 14.8 Å². The fourth-order valence-electron chi connectivity index (χ4n) is 5.38. The van der Waals surface area contributed by atoms with Crippen LogP contribution in [0.4, 0.5) is 0 Å². The van der Waals surface area contributed by atoms with Crippen molar-refractivity contribution in [3.8, 4) is 11.5 Å². The Labute approximate surface area is 211 Å². The first kappa shape index (κ1) is 23.8. The molecule has 2 aliphatic rings. The molecule has 3 aromatic rings. The summed E-state index contributed by atoms with van der Waals surface area (Å²) in [6.07, 6.45) is 9.89. The summed E-state index contributed by atoms with van der Waals surface area (Å²) in [5, 5.41) is 3.30. The molecule has 2 aromatic heterocycles. The highest BCUT2D eigenvalue weighted by atomic mass is 32.2. The van der Waals surface area contributed by atoms with Gasteiger partial charge in [0.2, 0.25) is 5.91 Å². The van der Waals surface area contributed by atoms with E-state index in [1.807, 2.05) is 35.8 Å². The van der Waals surface area contributed by atoms with Crippen molar-refractivity contribution in [2.24, 2.45) is 0 Å². The van der Waals surface area contributed by atoms with Crippen LogP contribution in [0.25, 0.3) is 11.5 Å². The van der Waals surface area contributed by atoms with Gasteiger partial charge in [-0.1, -0.05) is 31.4 Å². The lowest BCUT2D eigenvalue weighted by molar-refractivity contribution is -0.133. The first-order valence-corrected chi connectivity index (χ1v) is 13.7. The van der Waals surface area contributed by atoms with Gasteiger partial charge in [0.25, 0.3) is 5.91 Å². The normalized spacial score (nSPS) is 20.6. The van der Waals surface area contributed by atoms with Crippen LogP contribution in [0.1, 0.15) is 55.1 Å². The zero-order valence-corrected chi connectivity index (χ0v) is 21.3. The second-order valence-electron chi connectivity index (χ2n) is 9.80. The van der Waals surface area contributed by atoms with E-state index in [-0.39, 0.29) is 17.9 Å². The Morgan fingerprint density at radius 1 is 1.09 bits per heavy atom. The molecule has 0 bridgehead atoms. The highest BCUT2D eigenvalue weighted by Gasteiger charge is 2.48. The summed E-state index contributed by atoms with van der Waals surface area (Å²) in [4.78, 5) is 30.6. The van der Waals surface area contributed by atoms with Crippen molar-refractivity contribution in [1.29, 1.82) is 0 Å². The van der Waals surface area contributed by atoms with Gasteiger partial charge in [0.1, 0.15) is 17.0 Å². The lowest BCUT2D eigenvalue weighted by atomic mass is 9.91. The van der Waals surface area contributed by atoms with Crippen molar-refractivity contribution in [2.75, 3.05) is 12.8 Å². The van der Waals surface area contributed by atoms with Crippen LogP contribution in [0, 0.1) is 0 Å². The molecule has 3 heterocycles. The molecule has 2 amide bonds. The topological polar surface area (TPSA) is 67.5 Å². The summed E-state index contributed by atoms with van der Waals surface area (Å²) in [6.45, 7) is 2.78. The van der Waals surface area contributed by atoms with Gasteiger partial charge in [-0.05, 0) is 74.4 Å². The maximum atomic E-state index is 13.8. The average molecular weight is 492 g/mol. The molecule has 5 rings (SSSR count). The van der Waals surface area contributed by atoms with E-state index in [0.29, 0.717) is 31.0 Å². The molecule has 6 nitrogen and oxygen atoms in total. The summed E-state index contributed by atoms with van der Waals surface area (Å²) in [6, 6.07) is 16.1. The van der Waals surface area contributed by atoms with Gasteiger partial charge in [0.05, 0.1) is 18.5 Å². The number of aromatic nitrogens is 1. The highest BCUT2D eigenvalue weighted by Crippen LogP contribution is 2.34. The summed E-state index contributed by atoms with van der Waals surface area (Å²) < 4.78 is 7.58. The lowest BCUT2D eigenvalue weighted by Crippen LogP contribution is -2.65. The van der Waals surface area contributed by atoms with Gasteiger partial charge >= 0.3 is 0 Å². The molecule has 1 aromatic carbocycles. The minimum absolute atomic E-state index is 0.0692. The molecule has 0 saturated heterocycles. The fourth-order valence-corrected chi connectivity index (χ4v) is 5.79. The lowest BCUT2D eigenvalue weighted by Gasteiger charge is -2.45. The number of carbonyl (C=O) groups is 2. The number of hydrogen-bond acceptors (Lipinski definition) is 4. The summed E-state index contributed by atoms with van der Waals surface area (Å²) in [5.41, 5.74) is 1.57. The van der Waals surface area contributed by atoms with Gasteiger partial charge in [-0.2, -0.15) is 0 Å². The molecule has 1 aliphatic heterocycles. The number of furan rings is 1. The van der Waals surface area contributed by atoms with Gasteiger partial charge in [-0.15, -0.1) is 11.8 Å². The molecule has 1 unspecified atom stereocenters. The Morgan fingerprint density at radius 2 is 1.83 bits per heavy atom. The third-order valence-electron chi connectivity index (χ3n) is 7.49. The average Bonchev–Trinajstić information content (AvgIpc) is 3.55. The third-order valence-corrected chi connectivity index (χ3v) is 8.24. The minimum atomic E-state index is -0.999. The molecule has 0 radical (unpaired) electrons. The van der Waals surface area contributed by atoms with Crippen LogP contribution in [0.15, 0.2) is 64.1 Å². The molecule has 1 atom stereocenters. The van der Waals surface area contributed by atoms with Crippen LogP contribution < -0.4 is 5.32 Å². The van der Waals surface area contributed by atoms with Crippen molar-refractivity contribution in [3.05, 3.63) is 66.1 Å². The number of hydrogen-bond donors (Lipinski definition) is 1. The van der Waals surface area contributed by atoms with Gasteiger partial charge < -0.3 is 19.2 Å². The number of benzene rings is 1. The Balaban J connectivity index is 1.45. The first-order chi connectivity index (χ1) is 17.0. The number of nitrogens with one attached hydrogen (secondary N) is 1. The molecular weight excluding hydrogens is 458 g/mol. The molecule has 1 N–H and O–H groups in total. The maximum absolute atomic E-state index is 13.8. The van der Waals surface area contributed by atoms with E-state index in [1.54, 1.807) is 22.9 Å². The Bertz CT molecular complexity index is 1180. The monoisotopic (exact) mass is 491 g/mol. The molecule has 1 aliphatic carbocycles. The van der Waals surface area contributed by atoms with Gasteiger partial charge in [-0.3, -0.25) is 9.59 Å². The van der Waals surface area contributed by atoms with E-state index in [4.69, 9.17) is 4.42 Å². The van der Waals surface area contributed by atoms with Crippen LogP contribution in [0.2, 0.25) is 0 Å². The SMILES string of the molecule is CSc1ccc(CCN2C(=O)c3ccc(-c4ccco4)n3CC2(C)C(=O)NC2CCCCC2)cc1. The smallest absolute Gasteiger partial charge is 0.271 e. The van der Waals surface area contributed by atoms with Crippen LogP contribution in [-0.4, -0.2) is 45.7 Å². The zero-order valence-electron chi connectivity index (χ0n) is 20.5. The molecule has 1 saturated carbocycles. The van der Waals surface area contributed by atoms with E-state index in [0.717, 1.165) is 36.9 Å². The van der Waals surface area contributed by atoms with E-state index in [1.165, 1.54) is 11.3 Å². The largest absolute Gasteiger partial charge is 0.463 e. The predicted octanol–water partition coefficient (Wildman–Crippen LogP) is 5.38. The van der Waals surface area contributed by atoms with E-state index in [2.05, 4.69) is 35.8 Å². The fraction of sp³-hybridized carbons (Fsp3) is 0.429.